The molecule has 2 bridgehead atoms. The summed E-state index contributed by atoms with van der Waals surface area (Å²) >= 11 is 0. The molecule has 3 saturated carbocycles. The van der Waals surface area contributed by atoms with Crippen LogP contribution in [0.1, 0.15) is 45.4 Å². The van der Waals surface area contributed by atoms with Crippen LogP contribution in [0.2, 0.25) is 0 Å². The molecule has 0 amide bonds. The molecule has 0 unspecified atom stereocenters. The van der Waals surface area contributed by atoms with E-state index >= 15 is 0 Å². The maximum atomic E-state index is 11.0. The van der Waals surface area contributed by atoms with Crippen LogP contribution in [-0.2, 0) is 9.53 Å². The third-order valence-corrected chi connectivity index (χ3v) is 4.46. The topological polar surface area (TPSA) is 26.3 Å². The maximum absolute atomic E-state index is 11.0. The molecule has 2 nitrogen and oxygen atoms in total. The van der Waals surface area contributed by atoms with Crippen molar-refractivity contribution in [2.24, 2.45) is 10.8 Å². The fourth-order valence-electron chi connectivity index (χ4n) is 2.95. The lowest BCUT2D eigenvalue weighted by Crippen LogP contribution is -2.42. The van der Waals surface area contributed by atoms with Crippen molar-refractivity contribution in [3.8, 4) is 0 Å². The minimum atomic E-state index is -0.275. The summed E-state index contributed by atoms with van der Waals surface area (Å²) in [5.41, 5.74) is 0.890. The van der Waals surface area contributed by atoms with Gasteiger partial charge in [0, 0.05) is 11.5 Å². The first-order valence-electron chi connectivity index (χ1n) is 5.87. The Morgan fingerprint density at radius 3 is 2.27 bits per heavy atom. The number of esters is 1. The average molecular weight is 208 g/mol. The number of hydrogen-bond donors (Lipinski definition) is 0. The van der Waals surface area contributed by atoms with E-state index in [9.17, 15) is 4.79 Å². The lowest BCUT2D eigenvalue weighted by Gasteiger charge is -2.51. The molecule has 3 fully saturated rings. The molecule has 3 aliphatic carbocycles. The van der Waals surface area contributed by atoms with E-state index in [1.807, 2.05) is 0 Å². The first-order valence-corrected chi connectivity index (χ1v) is 5.87. The zero-order valence-corrected chi connectivity index (χ0v) is 9.55. The Morgan fingerprint density at radius 2 is 1.80 bits per heavy atom. The highest BCUT2D eigenvalue weighted by Gasteiger charge is 2.46. The van der Waals surface area contributed by atoms with E-state index in [1.54, 1.807) is 0 Å². The standard InChI is InChI=1S/C13H20O2/c1-3-11(14)15-10-13-7-4-12(2,5-8-13)6-9-13/h3H,1,4-10H2,2H3. The van der Waals surface area contributed by atoms with Gasteiger partial charge in [0.15, 0.2) is 0 Å². The van der Waals surface area contributed by atoms with Crippen LogP contribution >= 0.6 is 0 Å². The predicted octanol–water partition coefficient (Wildman–Crippen LogP) is 3.08. The minimum absolute atomic E-state index is 0.275. The van der Waals surface area contributed by atoms with Gasteiger partial charge in [-0.1, -0.05) is 13.5 Å². The first kappa shape index (κ1) is 10.7. The van der Waals surface area contributed by atoms with Crippen LogP contribution in [0.15, 0.2) is 12.7 Å². The molecule has 0 aromatic heterocycles. The fraction of sp³-hybridized carbons (Fsp3) is 0.769. The van der Waals surface area contributed by atoms with Gasteiger partial charge >= 0.3 is 5.97 Å². The highest BCUT2D eigenvalue weighted by atomic mass is 16.5. The van der Waals surface area contributed by atoms with E-state index in [-0.39, 0.29) is 5.97 Å². The average Bonchev–Trinajstić information content (AvgIpc) is 2.28. The summed E-state index contributed by atoms with van der Waals surface area (Å²) in [6.45, 7) is 6.42. The van der Waals surface area contributed by atoms with Crippen LogP contribution in [0, 0.1) is 10.8 Å². The zero-order chi connectivity index (χ0) is 10.9. The van der Waals surface area contributed by atoms with Crippen molar-refractivity contribution >= 4 is 5.97 Å². The highest BCUT2D eigenvalue weighted by molar-refractivity contribution is 5.81. The molecule has 0 aliphatic heterocycles. The first-order chi connectivity index (χ1) is 7.08. The van der Waals surface area contributed by atoms with E-state index in [1.165, 1.54) is 44.6 Å². The highest BCUT2D eigenvalue weighted by Crippen LogP contribution is 2.56. The van der Waals surface area contributed by atoms with E-state index < -0.39 is 0 Å². The van der Waals surface area contributed by atoms with Gasteiger partial charge in [0.25, 0.3) is 0 Å². The Hall–Kier alpha value is -0.790. The Morgan fingerprint density at radius 1 is 1.27 bits per heavy atom. The Labute approximate surface area is 91.7 Å². The van der Waals surface area contributed by atoms with Crippen molar-refractivity contribution < 1.29 is 9.53 Å². The number of carbonyl (C=O) groups is 1. The minimum Gasteiger partial charge on any atom is -0.462 e. The van der Waals surface area contributed by atoms with Gasteiger partial charge in [0.2, 0.25) is 0 Å². The lowest BCUT2D eigenvalue weighted by molar-refractivity contribution is -0.145. The van der Waals surface area contributed by atoms with Crippen LogP contribution in [0.4, 0.5) is 0 Å². The molecule has 0 N–H and O–H groups in total. The summed E-state index contributed by atoms with van der Waals surface area (Å²) < 4.78 is 5.23. The molecule has 0 atom stereocenters. The second-order valence-corrected chi connectivity index (χ2v) is 5.62. The number of ether oxygens (including phenoxy) is 1. The monoisotopic (exact) mass is 208 g/mol. The van der Waals surface area contributed by atoms with Gasteiger partial charge in [-0.05, 0) is 43.9 Å². The summed E-state index contributed by atoms with van der Waals surface area (Å²) in [6.07, 6.45) is 8.86. The van der Waals surface area contributed by atoms with Gasteiger partial charge in [-0.15, -0.1) is 0 Å². The SMILES string of the molecule is C=CC(=O)OCC12CCC(C)(CC1)CC2. The zero-order valence-electron chi connectivity index (χ0n) is 9.55. The smallest absolute Gasteiger partial charge is 0.330 e. The van der Waals surface area contributed by atoms with E-state index in [2.05, 4.69) is 13.5 Å². The molecule has 0 aromatic carbocycles. The molecule has 3 rings (SSSR count). The summed E-state index contributed by atoms with van der Waals surface area (Å²) in [4.78, 5) is 11.0. The largest absolute Gasteiger partial charge is 0.462 e. The van der Waals surface area contributed by atoms with Crippen molar-refractivity contribution in [1.29, 1.82) is 0 Å². The molecular formula is C13H20O2. The van der Waals surface area contributed by atoms with Gasteiger partial charge < -0.3 is 4.74 Å². The molecule has 2 heteroatoms. The van der Waals surface area contributed by atoms with E-state index in [0.29, 0.717) is 17.4 Å². The fourth-order valence-corrected chi connectivity index (χ4v) is 2.95. The van der Waals surface area contributed by atoms with Crippen LogP contribution in [0.3, 0.4) is 0 Å². The molecule has 0 radical (unpaired) electrons. The number of rotatable bonds is 3. The molecular weight excluding hydrogens is 188 g/mol. The Kier molecular flexibility index (Phi) is 2.61. The summed E-state index contributed by atoms with van der Waals surface area (Å²) in [7, 11) is 0. The third kappa shape index (κ3) is 2.09. The van der Waals surface area contributed by atoms with E-state index in [0.717, 1.165) is 0 Å². The third-order valence-electron chi connectivity index (χ3n) is 4.46. The van der Waals surface area contributed by atoms with Gasteiger partial charge in [-0.2, -0.15) is 0 Å². The van der Waals surface area contributed by atoms with Crippen LogP contribution in [0.5, 0.6) is 0 Å². The Balaban J connectivity index is 1.92. The molecule has 0 aromatic rings. The van der Waals surface area contributed by atoms with Crippen LogP contribution < -0.4 is 0 Å². The quantitative estimate of drug-likeness (QED) is 0.526. The van der Waals surface area contributed by atoms with Gasteiger partial charge in [-0.3, -0.25) is 0 Å². The Bertz CT molecular complexity index is 256. The number of carbonyl (C=O) groups excluding carboxylic acids is 1. The van der Waals surface area contributed by atoms with Crippen LogP contribution in [-0.4, -0.2) is 12.6 Å². The van der Waals surface area contributed by atoms with Crippen molar-refractivity contribution in [2.75, 3.05) is 6.61 Å². The van der Waals surface area contributed by atoms with Gasteiger partial charge in [0.05, 0.1) is 6.61 Å². The molecule has 0 heterocycles. The molecule has 0 saturated heterocycles. The maximum Gasteiger partial charge on any atom is 0.330 e. The normalized spacial score (nSPS) is 38.7. The van der Waals surface area contributed by atoms with Crippen molar-refractivity contribution in [3.05, 3.63) is 12.7 Å². The predicted molar refractivity (Wildman–Crippen MR) is 59.4 cm³/mol. The second kappa shape index (κ2) is 3.66. The van der Waals surface area contributed by atoms with Gasteiger partial charge in [-0.25, -0.2) is 4.79 Å². The summed E-state index contributed by atoms with van der Waals surface area (Å²) in [6, 6.07) is 0. The molecule has 84 valence electrons. The lowest BCUT2D eigenvalue weighted by atomic mass is 9.55. The molecule has 15 heavy (non-hydrogen) atoms. The van der Waals surface area contributed by atoms with Gasteiger partial charge in [0.1, 0.15) is 0 Å². The van der Waals surface area contributed by atoms with Crippen molar-refractivity contribution in [3.63, 3.8) is 0 Å². The number of hydrogen-bond acceptors (Lipinski definition) is 2. The van der Waals surface area contributed by atoms with Crippen molar-refractivity contribution in [2.45, 2.75) is 45.4 Å². The van der Waals surface area contributed by atoms with Crippen LogP contribution in [0.25, 0.3) is 0 Å². The molecule has 3 aliphatic rings. The molecule has 0 spiro atoms. The summed E-state index contributed by atoms with van der Waals surface area (Å²) in [5.74, 6) is -0.275. The second-order valence-electron chi connectivity index (χ2n) is 5.62. The summed E-state index contributed by atoms with van der Waals surface area (Å²) in [5, 5.41) is 0. The number of fused-ring (bicyclic) bond motifs is 3. The van der Waals surface area contributed by atoms with E-state index in [4.69, 9.17) is 4.74 Å². The van der Waals surface area contributed by atoms with Crippen molar-refractivity contribution in [1.82, 2.24) is 0 Å².